The van der Waals surface area contributed by atoms with Crippen molar-refractivity contribution >= 4 is 41.2 Å². The lowest BCUT2D eigenvalue weighted by Crippen LogP contribution is -2.63. The summed E-state index contributed by atoms with van der Waals surface area (Å²) < 4.78 is 4.99. The van der Waals surface area contributed by atoms with E-state index < -0.39 is 18.0 Å². The van der Waals surface area contributed by atoms with Gasteiger partial charge in [-0.05, 0) is 50.0 Å². The van der Waals surface area contributed by atoms with Crippen molar-refractivity contribution in [1.29, 1.82) is 0 Å². The molecule has 0 saturated carbocycles. The molecule has 1 saturated heterocycles. The number of nitrogens with zero attached hydrogens (tertiary/aromatic N) is 3. The smallest absolute Gasteiger partial charge is 0.353 e. The maximum absolute atomic E-state index is 12.4. The van der Waals surface area contributed by atoms with Gasteiger partial charge in [0.25, 0.3) is 0 Å². The van der Waals surface area contributed by atoms with Crippen LogP contribution in [-0.4, -0.2) is 61.1 Å². The van der Waals surface area contributed by atoms with E-state index in [1.807, 2.05) is 19.1 Å². The number of fused-ring (bicyclic) bond motifs is 1. The van der Waals surface area contributed by atoms with Gasteiger partial charge in [-0.2, -0.15) is 4.37 Å². The Balaban J connectivity index is 1.53. The first-order valence-electron chi connectivity index (χ1n) is 9.90. The van der Waals surface area contributed by atoms with Crippen LogP contribution < -0.4 is 5.32 Å². The predicted molar refractivity (Wildman–Crippen MR) is 115 cm³/mol. The van der Waals surface area contributed by atoms with Gasteiger partial charge in [0.2, 0.25) is 5.91 Å². The van der Waals surface area contributed by atoms with Gasteiger partial charge in [0, 0.05) is 16.9 Å². The standard InChI is InChI=1S/C20H24N4O4S2/c1-9-8-12(6-7-21-9)4-5-13-22-20(30-23-13)29-17-10(2)15-14(11(3)25)18(26)24(15)16(17)19(27)28/h4-5,8-11,14-15,21,25H,6-7H2,1-3H3,(H,27,28)/b5-4+/t9-,10-,11-,14-,15?/m1/s1. The minimum absolute atomic E-state index is 0.000501. The number of carbonyl (C=O) groups is 2. The van der Waals surface area contributed by atoms with Crippen molar-refractivity contribution in [1.82, 2.24) is 19.6 Å². The number of carbonyl (C=O) groups excluding carboxylic acids is 1. The Hall–Kier alpha value is -2.01. The third-order valence-electron chi connectivity index (χ3n) is 5.72. The zero-order valence-corrected chi connectivity index (χ0v) is 18.5. The van der Waals surface area contributed by atoms with E-state index in [9.17, 15) is 19.8 Å². The van der Waals surface area contributed by atoms with Gasteiger partial charge in [-0.25, -0.2) is 9.78 Å². The molecule has 10 heteroatoms. The average Bonchev–Trinajstić information content (AvgIpc) is 3.22. The van der Waals surface area contributed by atoms with Gasteiger partial charge < -0.3 is 20.4 Å². The number of hydrogen-bond acceptors (Lipinski definition) is 8. The van der Waals surface area contributed by atoms with Gasteiger partial charge in [0.15, 0.2) is 10.2 Å². The number of hydrogen-bond donors (Lipinski definition) is 3. The molecule has 0 spiro atoms. The normalized spacial score (nSPS) is 29.8. The van der Waals surface area contributed by atoms with Crippen molar-refractivity contribution in [2.75, 3.05) is 6.54 Å². The molecule has 0 bridgehead atoms. The quantitative estimate of drug-likeness (QED) is 0.567. The van der Waals surface area contributed by atoms with Crippen LogP contribution in [0.5, 0.6) is 0 Å². The average molecular weight is 449 g/mol. The zero-order chi connectivity index (χ0) is 21.6. The van der Waals surface area contributed by atoms with Crippen LogP contribution >= 0.6 is 23.3 Å². The Labute approximate surface area is 182 Å². The lowest BCUT2D eigenvalue weighted by Gasteiger charge is -2.46. The molecule has 5 atom stereocenters. The highest BCUT2D eigenvalue weighted by atomic mass is 32.2. The first-order chi connectivity index (χ1) is 14.3. The minimum Gasteiger partial charge on any atom is -0.477 e. The fraction of sp³-hybridized carbons (Fsp3) is 0.500. The number of carboxylic acids is 1. The van der Waals surface area contributed by atoms with Crippen molar-refractivity contribution < 1.29 is 19.8 Å². The van der Waals surface area contributed by atoms with Gasteiger partial charge in [-0.3, -0.25) is 4.79 Å². The number of rotatable bonds is 6. The maximum Gasteiger partial charge on any atom is 0.353 e. The summed E-state index contributed by atoms with van der Waals surface area (Å²) in [4.78, 5) is 30.7. The molecule has 1 unspecified atom stereocenters. The topological polar surface area (TPSA) is 116 Å². The summed E-state index contributed by atoms with van der Waals surface area (Å²) in [6, 6.07) is 0.0175. The number of amides is 1. The number of allylic oxidation sites excluding steroid dienone is 1. The van der Waals surface area contributed by atoms with E-state index in [-0.39, 0.29) is 23.6 Å². The van der Waals surface area contributed by atoms with E-state index in [0.29, 0.717) is 21.1 Å². The lowest BCUT2D eigenvalue weighted by molar-refractivity contribution is -0.163. The highest BCUT2D eigenvalue weighted by Crippen LogP contribution is 2.52. The number of aliphatic hydroxyl groups excluding tert-OH is 1. The second kappa shape index (κ2) is 8.26. The number of thioether (sulfide) groups is 1. The molecule has 3 N–H and O–H groups in total. The molecule has 4 rings (SSSR count). The Morgan fingerprint density at radius 1 is 1.43 bits per heavy atom. The largest absolute Gasteiger partial charge is 0.477 e. The second-order valence-electron chi connectivity index (χ2n) is 7.86. The first-order valence-corrected chi connectivity index (χ1v) is 11.5. The van der Waals surface area contributed by atoms with Crippen LogP contribution in [0, 0.1) is 11.8 Å². The fourth-order valence-corrected chi connectivity index (χ4v) is 6.18. The van der Waals surface area contributed by atoms with E-state index >= 15 is 0 Å². The van der Waals surface area contributed by atoms with Crippen LogP contribution in [0.25, 0.3) is 6.08 Å². The number of aliphatic hydroxyl groups is 1. The second-order valence-corrected chi connectivity index (χ2v) is 9.90. The maximum atomic E-state index is 12.4. The molecule has 3 aliphatic heterocycles. The summed E-state index contributed by atoms with van der Waals surface area (Å²) in [5.41, 5.74) is 1.23. The lowest BCUT2D eigenvalue weighted by atomic mass is 9.79. The molecule has 3 aliphatic rings. The van der Waals surface area contributed by atoms with Crippen LogP contribution in [-0.2, 0) is 9.59 Å². The van der Waals surface area contributed by atoms with Gasteiger partial charge in [-0.1, -0.05) is 30.8 Å². The van der Waals surface area contributed by atoms with Gasteiger partial charge in [0.05, 0.1) is 18.1 Å². The summed E-state index contributed by atoms with van der Waals surface area (Å²) in [5.74, 6) is -1.65. The predicted octanol–water partition coefficient (Wildman–Crippen LogP) is 2.11. The molecule has 30 heavy (non-hydrogen) atoms. The van der Waals surface area contributed by atoms with Gasteiger partial charge in [0.1, 0.15) is 5.70 Å². The van der Waals surface area contributed by atoms with Crippen LogP contribution in [0.15, 0.2) is 32.7 Å². The zero-order valence-electron chi connectivity index (χ0n) is 16.9. The van der Waals surface area contributed by atoms with E-state index in [2.05, 4.69) is 27.7 Å². The Morgan fingerprint density at radius 3 is 2.87 bits per heavy atom. The number of aromatic nitrogens is 2. The number of aliphatic carboxylic acids is 1. The highest BCUT2D eigenvalue weighted by molar-refractivity contribution is 8.04. The molecule has 160 valence electrons. The van der Waals surface area contributed by atoms with Gasteiger partial charge in [-0.15, -0.1) is 0 Å². The molecule has 1 amide bonds. The van der Waals surface area contributed by atoms with Crippen LogP contribution in [0.4, 0.5) is 0 Å². The van der Waals surface area contributed by atoms with Gasteiger partial charge >= 0.3 is 5.97 Å². The number of carboxylic acid groups (broad SMARTS) is 1. The van der Waals surface area contributed by atoms with E-state index in [1.54, 1.807) is 6.92 Å². The van der Waals surface area contributed by atoms with Crippen LogP contribution in [0.2, 0.25) is 0 Å². The molecule has 0 aliphatic carbocycles. The molecule has 8 nitrogen and oxygen atoms in total. The summed E-state index contributed by atoms with van der Waals surface area (Å²) in [5, 5.41) is 23.0. The molecule has 0 radical (unpaired) electrons. The Kier molecular flexibility index (Phi) is 5.84. The highest BCUT2D eigenvalue weighted by Gasteiger charge is 2.60. The molecule has 1 aromatic heterocycles. The summed E-state index contributed by atoms with van der Waals surface area (Å²) in [7, 11) is 0. The summed E-state index contributed by atoms with van der Waals surface area (Å²) >= 11 is 2.46. The summed E-state index contributed by atoms with van der Waals surface area (Å²) in [6.07, 6.45) is 6.20. The molecule has 1 aromatic rings. The molecular formula is C20H24N4O4S2. The summed E-state index contributed by atoms with van der Waals surface area (Å²) in [6.45, 7) is 6.51. The first kappa shape index (κ1) is 21.2. The van der Waals surface area contributed by atoms with Crippen molar-refractivity contribution in [3.63, 3.8) is 0 Å². The molecule has 4 heterocycles. The third-order valence-corrected chi connectivity index (χ3v) is 7.77. The monoisotopic (exact) mass is 448 g/mol. The van der Waals surface area contributed by atoms with Crippen molar-refractivity contribution in [2.45, 2.75) is 49.7 Å². The molecular weight excluding hydrogens is 424 g/mol. The van der Waals surface area contributed by atoms with Crippen LogP contribution in [0.1, 0.15) is 33.0 Å². The number of β-lactam (4-membered cyclic amide) rings is 1. The fourth-order valence-electron chi connectivity index (χ4n) is 4.31. The molecule has 1 fully saturated rings. The van der Waals surface area contributed by atoms with E-state index in [4.69, 9.17) is 0 Å². The number of nitrogens with one attached hydrogen (secondary N) is 1. The van der Waals surface area contributed by atoms with Crippen molar-refractivity contribution in [3.05, 3.63) is 34.2 Å². The third kappa shape index (κ3) is 3.73. The van der Waals surface area contributed by atoms with E-state index in [1.165, 1.54) is 33.8 Å². The van der Waals surface area contributed by atoms with E-state index in [0.717, 1.165) is 13.0 Å². The minimum atomic E-state index is -1.14. The van der Waals surface area contributed by atoms with Crippen molar-refractivity contribution in [2.24, 2.45) is 11.8 Å². The SMILES string of the molecule is C[C@@H]1C=C(/C=C/c2nsc(SC3=C(C(=O)O)N4C(=O)[C@H]([C@@H](C)O)C4[C@H]3C)n2)CCN1. The Bertz CT molecular complexity index is 968. The van der Waals surface area contributed by atoms with Crippen LogP contribution in [0.3, 0.4) is 0 Å². The Morgan fingerprint density at radius 2 is 2.20 bits per heavy atom. The molecule has 0 aromatic carbocycles. The van der Waals surface area contributed by atoms with Crippen molar-refractivity contribution in [3.8, 4) is 0 Å².